The summed E-state index contributed by atoms with van der Waals surface area (Å²) >= 11 is 7.70. The Hall–Kier alpha value is -1.27. The summed E-state index contributed by atoms with van der Waals surface area (Å²) in [5, 5.41) is 4.42. The molecule has 0 spiro atoms. The Morgan fingerprint density at radius 1 is 1.58 bits per heavy atom. The monoisotopic (exact) mass is 303 g/mol. The van der Waals surface area contributed by atoms with Gasteiger partial charge in [-0.05, 0) is 43.2 Å². The van der Waals surface area contributed by atoms with Crippen LogP contribution in [-0.2, 0) is 19.2 Å². The van der Waals surface area contributed by atoms with E-state index < -0.39 is 22.5 Å². The van der Waals surface area contributed by atoms with Gasteiger partial charge in [-0.15, -0.1) is 5.06 Å². The highest BCUT2D eigenvalue weighted by Crippen LogP contribution is 2.38. The fourth-order valence-electron chi connectivity index (χ4n) is 1.58. The van der Waals surface area contributed by atoms with Crippen molar-refractivity contribution in [2.45, 2.75) is 31.2 Å². The Bertz CT molecular complexity index is 496. The molecule has 1 fully saturated rings. The molecule has 19 heavy (non-hydrogen) atoms. The Morgan fingerprint density at radius 2 is 2.26 bits per heavy atom. The molecule has 1 atom stereocenters. The van der Waals surface area contributed by atoms with E-state index in [2.05, 4.69) is 0 Å². The second kappa shape index (κ2) is 4.68. The highest BCUT2D eigenvalue weighted by atomic mass is 35.5. The second-order valence-corrected chi connectivity index (χ2v) is 6.63. The first kappa shape index (κ1) is 14.1. The molecule has 0 saturated carbocycles. The van der Waals surface area contributed by atoms with E-state index >= 15 is 0 Å². The van der Waals surface area contributed by atoms with Gasteiger partial charge >= 0.3 is 12.1 Å². The predicted octanol–water partition coefficient (Wildman–Crippen LogP) is 2.89. The van der Waals surface area contributed by atoms with Gasteiger partial charge in [0, 0.05) is 0 Å². The van der Waals surface area contributed by atoms with E-state index in [9.17, 15) is 9.59 Å². The van der Waals surface area contributed by atoms with Crippen molar-refractivity contribution in [3.05, 3.63) is 22.4 Å². The Labute approximate surface area is 120 Å². The van der Waals surface area contributed by atoms with Crippen LogP contribution in [0.5, 0.6) is 0 Å². The first-order chi connectivity index (χ1) is 8.72. The molecular formula is C12H14ClNO4S. The molecule has 2 heterocycles. The molecule has 0 unspecified atom stereocenters. The van der Waals surface area contributed by atoms with Crippen LogP contribution in [0.2, 0.25) is 0 Å². The Kier molecular flexibility index (Phi) is 3.49. The summed E-state index contributed by atoms with van der Waals surface area (Å²) in [5.74, 6) is -0.668. The molecule has 5 nitrogen and oxygen atoms in total. The van der Waals surface area contributed by atoms with Crippen LogP contribution in [0.1, 0.15) is 26.3 Å². The molecule has 1 aliphatic rings. The summed E-state index contributed by atoms with van der Waals surface area (Å²) < 4.78 is 5.13. The highest BCUT2D eigenvalue weighted by molar-refractivity contribution is 7.08. The number of rotatable bonds is 1. The molecule has 2 rings (SSSR count). The number of carbonyl (C=O) groups is 2. The van der Waals surface area contributed by atoms with Crippen LogP contribution < -0.4 is 0 Å². The van der Waals surface area contributed by atoms with Crippen LogP contribution in [-0.4, -0.2) is 29.3 Å². The number of thiophene rings is 1. The van der Waals surface area contributed by atoms with Crippen molar-refractivity contribution >= 4 is 35.0 Å². The van der Waals surface area contributed by atoms with Gasteiger partial charge in [-0.1, -0.05) is 11.6 Å². The zero-order chi connectivity index (χ0) is 14.3. The summed E-state index contributed by atoms with van der Waals surface area (Å²) in [6.07, 6.45) is -0.724. The van der Waals surface area contributed by atoms with E-state index in [1.54, 1.807) is 32.2 Å². The summed E-state index contributed by atoms with van der Waals surface area (Å²) in [5.41, 5.74) is -0.0427. The van der Waals surface area contributed by atoms with Gasteiger partial charge in [0.1, 0.15) is 5.60 Å². The van der Waals surface area contributed by atoms with Gasteiger partial charge in [0.2, 0.25) is 0 Å². The number of alkyl halides is 1. The first-order valence-corrected chi connectivity index (χ1v) is 6.99. The van der Waals surface area contributed by atoms with Crippen LogP contribution in [0.25, 0.3) is 0 Å². The minimum atomic E-state index is -1.35. The van der Waals surface area contributed by atoms with Crippen molar-refractivity contribution in [3.8, 4) is 0 Å². The fourth-order valence-corrected chi connectivity index (χ4v) is 2.64. The number of nitrogens with zero attached hydrogens (tertiary/aromatic N) is 1. The minimum absolute atomic E-state index is 0.0704. The van der Waals surface area contributed by atoms with E-state index in [4.69, 9.17) is 21.2 Å². The summed E-state index contributed by atoms with van der Waals surface area (Å²) in [6, 6.07) is 1.73. The van der Waals surface area contributed by atoms with Crippen LogP contribution in [0.15, 0.2) is 16.8 Å². The van der Waals surface area contributed by atoms with Crippen molar-refractivity contribution < 1.29 is 19.2 Å². The van der Waals surface area contributed by atoms with E-state index in [1.165, 1.54) is 11.3 Å². The Morgan fingerprint density at radius 3 is 2.79 bits per heavy atom. The zero-order valence-electron chi connectivity index (χ0n) is 10.8. The van der Waals surface area contributed by atoms with E-state index in [-0.39, 0.29) is 6.54 Å². The molecule has 0 N–H and O–H groups in total. The number of ether oxygens (including phenoxy) is 1. The maximum Gasteiger partial charge on any atom is 0.443 e. The molecule has 1 aromatic heterocycles. The molecule has 1 aliphatic heterocycles. The molecule has 104 valence electrons. The third-order valence-electron chi connectivity index (χ3n) is 2.45. The minimum Gasteiger partial charge on any atom is -0.442 e. The largest absolute Gasteiger partial charge is 0.443 e. The van der Waals surface area contributed by atoms with Crippen LogP contribution >= 0.6 is 22.9 Å². The zero-order valence-corrected chi connectivity index (χ0v) is 12.4. The van der Waals surface area contributed by atoms with E-state index in [0.29, 0.717) is 5.56 Å². The normalized spacial score (nSPS) is 23.4. The van der Waals surface area contributed by atoms with Crippen LogP contribution in [0.3, 0.4) is 0 Å². The number of hydroxylamine groups is 2. The number of hydrogen-bond donors (Lipinski definition) is 0. The molecule has 0 bridgehead atoms. The fraction of sp³-hybridized carbons (Fsp3) is 0.500. The maximum absolute atomic E-state index is 11.9. The van der Waals surface area contributed by atoms with Gasteiger partial charge in [-0.2, -0.15) is 11.3 Å². The summed E-state index contributed by atoms with van der Waals surface area (Å²) in [7, 11) is 0. The second-order valence-electron chi connectivity index (χ2n) is 5.21. The molecule has 1 aromatic rings. The lowest BCUT2D eigenvalue weighted by Crippen LogP contribution is -2.36. The van der Waals surface area contributed by atoms with Gasteiger partial charge in [-0.25, -0.2) is 9.59 Å². The lowest BCUT2D eigenvalue weighted by atomic mass is 10.0. The molecule has 1 saturated heterocycles. The van der Waals surface area contributed by atoms with Gasteiger partial charge in [0.25, 0.3) is 0 Å². The third-order valence-corrected chi connectivity index (χ3v) is 3.63. The molecular weight excluding hydrogens is 290 g/mol. The standard InChI is InChI=1S/C12H14ClNO4S/c1-11(2,3)17-10(16)14-7-12(13,9(15)18-14)8-4-5-19-6-8/h4-6H,7H2,1-3H3/t12-/m1/s1. The number of amides is 1. The maximum atomic E-state index is 11.9. The SMILES string of the molecule is CC(C)(C)OC(=O)N1C[C@@](Cl)(c2ccsc2)C(=O)O1. The number of halogens is 1. The van der Waals surface area contributed by atoms with Crippen molar-refractivity contribution in [3.63, 3.8) is 0 Å². The average Bonchev–Trinajstić information content (AvgIpc) is 2.86. The molecule has 0 radical (unpaired) electrons. The summed E-state index contributed by atoms with van der Waals surface area (Å²) in [6.45, 7) is 5.12. The van der Waals surface area contributed by atoms with Gasteiger partial charge < -0.3 is 9.57 Å². The first-order valence-electron chi connectivity index (χ1n) is 5.67. The lowest BCUT2D eigenvalue weighted by Gasteiger charge is -2.22. The number of carbonyl (C=O) groups excluding carboxylic acids is 2. The van der Waals surface area contributed by atoms with Gasteiger partial charge in [0.05, 0.1) is 6.54 Å². The molecule has 1 amide bonds. The predicted molar refractivity (Wildman–Crippen MR) is 70.9 cm³/mol. The lowest BCUT2D eigenvalue weighted by molar-refractivity contribution is -0.167. The van der Waals surface area contributed by atoms with Gasteiger partial charge in [-0.3, -0.25) is 0 Å². The van der Waals surface area contributed by atoms with Crippen LogP contribution in [0, 0.1) is 0 Å². The van der Waals surface area contributed by atoms with Gasteiger partial charge in [0.15, 0.2) is 4.87 Å². The number of hydrogen-bond acceptors (Lipinski definition) is 5. The highest BCUT2D eigenvalue weighted by Gasteiger charge is 2.51. The molecule has 0 aliphatic carbocycles. The quantitative estimate of drug-likeness (QED) is 0.749. The van der Waals surface area contributed by atoms with Crippen molar-refractivity contribution in [2.24, 2.45) is 0 Å². The van der Waals surface area contributed by atoms with E-state index in [1.807, 2.05) is 5.38 Å². The molecule has 7 heteroatoms. The van der Waals surface area contributed by atoms with E-state index in [0.717, 1.165) is 5.06 Å². The van der Waals surface area contributed by atoms with Crippen LogP contribution in [0.4, 0.5) is 4.79 Å². The summed E-state index contributed by atoms with van der Waals surface area (Å²) in [4.78, 5) is 27.3. The van der Waals surface area contributed by atoms with Crippen molar-refractivity contribution in [1.29, 1.82) is 0 Å². The third kappa shape index (κ3) is 2.84. The van der Waals surface area contributed by atoms with Crippen molar-refractivity contribution in [1.82, 2.24) is 5.06 Å². The Balaban J connectivity index is 2.14. The topological polar surface area (TPSA) is 55.8 Å². The average molecular weight is 304 g/mol. The van der Waals surface area contributed by atoms with Crippen molar-refractivity contribution in [2.75, 3.05) is 6.54 Å². The molecule has 0 aromatic carbocycles. The smallest absolute Gasteiger partial charge is 0.442 e.